The zero-order valence-electron chi connectivity index (χ0n) is 20.2. The van der Waals surface area contributed by atoms with Crippen molar-refractivity contribution in [1.29, 1.82) is 0 Å². The first-order valence-electron chi connectivity index (χ1n) is 11.9. The van der Waals surface area contributed by atoms with Gasteiger partial charge in [-0.1, -0.05) is 61.3 Å². The van der Waals surface area contributed by atoms with Crippen molar-refractivity contribution in [2.45, 2.75) is 57.3 Å². The second-order valence-electron chi connectivity index (χ2n) is 10.0. The molecule has 2 heterocycles. The first-order valence-corrected chi connectivity index (χ1v) is 13.4. The number of allylic oxidation sites excluding steroid dienone is 1. The SMILES string of the molecule is CC(C)C1=C(C(=O)N(C)[C@H]2C[C@@H](O)C2)SC2=N[C@@](C)(c3ccc(Cl)cc3)[C@@H](c3ccc(Cl)cc3)N21. The number of halogens is 2. The number of carbonyl (C=O) groups excluding carboxylic acids is 1. The summed E-state index contributed by atoms with van der Waals surface area (Å²) in [6.45, 7) is 6.38. The Balaban J connectivity index is 1.60. The highest BCUT2D eigenvalue weighted by Crippen LogP contribution is 2.56. The first-order chi connectivity index (χ1) is 16.6. The van der Waals surface area contributed by atoms with Gasteiger partial charge in [0, 0.05) is 28.8 Å². The van der Waals surface area contributed by atoms with E-state index in [1.54, 1.807) is 4.90 Å². The van der Waals surface area contributed by atoms with E-state index >= 15 is 0 Å². The van der Waals surface area contributed by atoms with E-state index in [9.17, 15) is 9.90 Å². The number of aliphatic hydroxyl groups is 1. The van der Waals surface area contributed by atoms with Crippen LogP contribution in [0, 0.1) is 5.92 Å². The van der Waals surface area contributed by atoms with Crippen LogP contribution in [0.3, 0.4) is 0 Å². The minimum Gasteiger partial charge on any atom is -0.393 e. The molecule has 0 bridgehead atoms. The zero-order valence-corrected chi connectivity index (χ0v) is 22.5. The predicted octanol–water partition coefficient (Wildman–Crippen LogP) is 6.22. The van der Waals surface area contributed by atoms with Crippen LogP contribution in [-0.2, 0) is 10.3 Å². The van der Waals surface area contributed by atoms with E-state index < -0.39 is 5.54 Å². The molecule has 1 fully saturated rings. The van der Waals surface area contributed by atoms with Crippen LogP contribution in [0.15, 0.2) is 64.1 Å². The molecule has 1 aliphatic carbocycles. The van der Waals surface area contributed by atoms with Gasteiger partial charge in [0.15, 0.2) is 5.17 Å². The van der Waals surface area contributed by atoms with Gasteiger partial charge in [-0.2, -0.15) is 0 Å². The number of carbonyl (C=O) groups is 1. The topological polar surface area (TPSA) is 56.1 Å². The highest BCUT2D eigenvalue weighted by atomic mass is 35.5. The highest BCUT2D eigenvalue weighted by molar-refractivity contribution is 8.18. The number of benzene rings is 2. The average Bonchev–Trinajstić information content (AvgIpc) is 3.29. The first kappa shape index (κ1) is 24.7. The molecule has 2 aliphatic heterocycles. The maximum absolute atomic E-state index is 13.6. The predicted molar refractivity (Wildman–Crippen MR) is 144 cm³/mol. The monoisotopic (exact) mass is 529 g/mol. The summed E-state index contributed by atoms with van der Waals surface area (Å²) < 4.78 is 0. The lowest BCUT2D eigenvalue weighted by atomic mass is 9.81. The van der Waals surface area contributed by atoms with Crippen molar-refractivity contribution in [3.05, 3.63) is 80.3 Å². The van der Waals surface area contributed by atoms with E-state index in [0.717, 1.165) is 26.9 Å². The summed E-state index contributed by atoms with van der Waals surface area (Å²) in [7, 11) is 1.84. The molecule has 1 saturated carbocycles. The lowest BCUT2D eigenvalue weighted by Crippen LogP contribution is -2.48. The Hall–Kier alpha value is -1.99. The normalized spacial score (nSPS) is 27.7. The van der Waals surface area contributed by atoms with Crippen molar-refractivity contribution >= 4 is 46.0 Å². The minimum absolute atomic E-state index is 0.00393. The van der Waals surface area contributed by atoms with Crippen molar-refractivity contribution in [2.24, 2.45) is 10.9 Å². The number of rotatable bonds is 5. The summed E-state index contributed by atoms with van der Waals surface area (Å²) in [4.78, 5) is 23.7. The molecule has 0 spiro atoms. The summed E-state index contributed by atoms with van der Waals surface area (Å²) >= 11 is 13.9. The number of thioether (sulfide) groups is 1. The van der Waals surface area contributed by atoms with Crippen molar-refractivity contribution in [3.63, 3.8) is 0 Å². The van der Waals surface area contributed by atoms with Gasteiger partial charge in [0.05, 0.1) is 12.1 Å². The molecule has 2 atom stereocenters. The summed E-state index contributed by atoms with van der Waals surface area (Å²) in [6, 6.07) is 15.7. The molecular weight excluding hydrogens is 501 g/mol. The van der Waals surface area contributed by atoms with Gasteiger partial charge in [0.1, 0.15) is 10.4 Å². The molecule has 184 valence electrons. The smallest absolute Gasteiger partial charge is 0.262 e. The van der Waals surface area contributed by atoms with Crippen LogP contribution in [0.2, 0.25) is 10.0 Å². The third kappa shape index (κ3) is 4.18. The number of hydrogen-bond acceptors (Lipinski definition) is 5. The molecular formula is C27H29Cl2N3O2S. The van der Waals surface area contributed by atoms with Crippen LogP contribution >= 0.6 is 35.0 Å². The number of aliphatic imine (C=N–C) groups is 1. The standard InChI is InChI=1S/C27H29Cl2N3O2S/c1-15(2)22-23(25(34)31(4)20-13-21(33)14-20)35-26-30-27(3,17-7-11-19(29)12-8-17)24(32(22)26)16-5-9-18(28)10-6-16/h5-12,15,20-21,24,33H,13-14H2,1-4H3/t20-,21+,24-,27+/m1/s1. The molecule has 0 aromatic heterocycles. The van der Waals surface area contributed by atoms with Crippen LogP contribution in [0.4, 0.5) is 0 Å². The average molecular weight is 531 g/mol. The summed E-state index contributed by atoms with van der Waals surface area (Å²) in [5.41, 5.74) is 2.54. The Labute approximate surface area is 220 Å². The molecule has 8 heteroatoms. The molecule has 1 amide bonds. The van der Waals surface area contributed by atoms with Gasteiger partial charge in [-0.05, 0) is 72.8 Å². The maximum atomic E-state index is 13.6. The van der Waals surface area contributed by atoms with Crippen molar-refractivity contribution in [3.8, 4) is 0 Å². The number of likely N-dealkylation sites (N-methyl/N-ethyl adjacent to an activating group) is 1. The molecule has 0 saturated heterocycles. The molecule has 1 N–H and O–H groups in total. The van der Waals surface area contributed by atoms with Crippen LogP contribution in [0.5, 0.6) is 0 Å². The Bertz CT molecular complexity index is 1210. The quantitative estimate of drug-likeness (QED) is 0.499. The summed E-state index contributed by atoms with van der Waals surface area (Å²) in [5, 5.41) is 11.9. The van der Waals surface area contributed by atoms with Crippen molar-refractivity contribution in [2.75, 3.05) is 7.05 Å². The van der Waals surface area contributed by atoms with Crippen LogP contribution in [0.25, 0.3) is 0 Å². The third-order valence-corrected chi connectivity index (χ3v) is 8.88. The molecule has 0 unspecified atom stereocenters. The molecule has 2 aromatic carbocycles. The number of fused-ring (bicyclic) bond motifs is 1. The Morgan fingerprint density at radius 2 is 1.69 bits per heavy atom. The number of nitrogens with zero attached hydrogens (tertiary/aromatic N) is 3. The molecule has 35 heavy (non-hydrogen) atoms. The number of amidine groups is 1. The lowest BCUT2D eigenvalue weighted by molar-refractivity contribution is -0.131. The van der Waals surface area contributed by atoms with Crippen LogP contribution < -0.4 is 0 Å². The van der Waals surface area contributed by atoms with Gasteiger partial charge in [0.2, 0.25) is 0 Å². The van der Waals surface area contributed by atoms with Gasteiger partial charge >= 0.3 is 0 Å². The lowest BCUT2D eigenvalue weighted by Gasteiger charge is -2.39. The number of aliphatic hydroxyl groups excluding tert-OH is 1. The van der Waals surface area contributed by atoms with Crippen molar-refractivity contribution in [1.82, 2.24) is 9.80 Å². The van der Waals surface area contributed by atoms with Gasteiger partial charge in [-0.3, -0.25) is 4.79 Å². The third-order valence-electron chi connectivity index (χ3n) is 7.32. The van der Waals surface area contributed by atoms with E-state index in [1.165, 1.54) is 11.8 Å². The van der Waals surface area contributed by atoms with E-state index in [4.69, 9.17) is 28.2 Å². The van der Waals surface area contributed by atoms with Crippen molar-refractivity contribution < 1.29 is 9.90 Å². The molecule has 2 aromatic rings. The second kappa shape index (κ2) is 9.15. The number of hydrogen-bond donors (Lipinski definition) is 1. The molecule has 5 nitrogen and oxygen atoms in total. The highest BCUT2D eigenvalue weighted by Gasteiger charge is 2.53. The van der Waals surface area contributed by atoms with Gasteiger partial charge in [-0.15, -0.1) is 0 Å². The second-order valence-corrected chi connectivity index (χ2v) is 11.9. The Kier molecular flexibility index (Phi) is 6.45. The van der Waals surface area contributed by atoms with Gasteiger partial charge < -0.3 is 14.9 Å². The van der Waals surface area contributed by atoms with E-state index in [0.29, 0.717) is 22.9 Å². The summed E-state index contributed by atoms with van der Waals surface area (Å²) in [5.74, 6) is 0.104. The number of amides is 1. The van der Waals surface area contributed by atoms with Crippen LogP contribution in [0.1, 0.15) is 50.8 Å². The Morgan fingerprint density at radius 1 is 1.11 bits per heavy atom. The van der Waals surface area contributed by atoms with E-state index in [1.807, 2.05) is 55.6 Å². The Morgan fingerprint density at radius 3 is 2.23 bits per heavy atom. The van der Waals surface area contributed by atoms with Crippen LogP contribution in [-0.4, -0.2) is 45.2 Å². The summed E-state index contributed by atoms with van der Waals surface area (Å²) in [6.07, 6.45) is 0.945. The van der Waals surface area contributed by atoms with E-state index in [-0.39, 0.29) is 30.0 Å². The fraction of sp³-hybridized carbons (Fsp3) is 0.407. The van der Waals surface area contributed by atoms with Gasteiger partial charge in [0.25, 0.3) is 5.91 Å². The minimum atomic E-state index is -0.584. The zero-order chi connectivity index (χ0) is 25.1. The van der Waals surface area contributed by atoms with E-state index in [2.05, 4.69) is 25.7 Å². The molecule has 5 rings (SSSR count). The maximum Gasteiger partial charge on any atom is 0.262 e. The fourth-order valence-corrected chi connectivity index (χ4v) is 6.91. The molecule has 0 radical (unpaired) electrons. The van der Waals surface area contributed by atoms with Gasteiger partial charge in [-0.25, -0.2) is 4.99 Å². The largest absolute Gasteiger partial charge is 0.393 e. The fourth-order valence-electron chi connectivity index (χ4n) is 5.27. The molecule has 3 aliphatic rings.